The maximum absolute atomic E-state index is 8.15. The Morgan fingerprint density at radius 1 is 1.89 bits per heavy atom. The molecule has 0 amide bonds. The first-order valence-electron chi connectivity index (χ1n) is 2.75. The molecule has 0 aliphatic rings. The molecule has 0 unspecified atom stereocenters. The fraction of sp³-hybridized carbons (Fsp3) is 0.500. The minimum Gasteiger partial charge on any atom is -0.479 e. The summed E-state index contributed by atoms with van der Waals surface area (Å²) >= 11 is 0. The number of ether oxygens (including phenoxy) is 1. The van der Waals surface area contributed by atoms with Crippen molar-refractivity contribution in [3.8, 4) is 6.07 Å². The molecule has 0 bridgehead atoms. The highest BCUT2D eigenvalue weighted by molar-refractivity contribution is 5.05. The number of nitrogens with one attached hydrogen (secondary N) is 1. The molecular weight excluding hydrogens is 116 g/mol. The first kappa shape index (κ1) is 7.83. The minimum atomic E-state index is 0.514. The van der Waals surface area contributed by atoms with Crippen molar-refractivity contribution in [2.45, 2.75) is 6.92 Å². The van der Waals surface area contributed by atoms with Crippen LogP contribution in [0.1, 0.15) is 6.92 Å². The Morgan fingerprint density at radius 2 is 2.56 bits per heavy atom. The number of allylic oxidation sites excluding steroid dienone is 1. The molecule has 0 saturated heterocycles. The molecule has 0 atom stereocenters. The molecular formula is C6H10N2O. The molecule has 0 aliphatic carbocycles. The number of nitrogens with zero attached hydrogens (tertiary/aromatic N) is 1. The standard InChI is InChI=1S/C6H10N2O/c1-3-9-6(8-2)4-5-7/h4,8H,3H2,1-2H3. The van der Waals surface area contributed by atoms with Gasteiger partial charge in [0.15, 0.2) is 5.88 Å². The van der Waals surface area contributed by atoms with E-state index >= 15 is 0 Å². The number of rotatable bonds is 3. The zero-order chi connectivity index (χ0) is 7.11. The van der Waals surface area contributed by atoms with E-state index in [2.05, 4.69) is 5.32 Å². The van der Waals surface area contributed by atoms with Crippen LogP contribution < -0.4 is 5.32 Å². The fourth-order valence-corrected chi connectivity index (χ4v) is 0.400. The largest absolute Gasteiger partial charge is 0.479 e. The van der Waals surface area contributed by atoms with Crippen molar-refractivity contribution >= 4 is 0 Å². The average Bonchev–Trinajstić information content (AvgIpc) is 1.88. The van der Waals surface area contributed by atoms with E-state index in [0.717, 1.165) is 0 Å². The first-order chi connectivity index (χ1) is 4.35. The third-order valence-corrected chi connectivity index (χ3v) is 0.742. The first-order valence-corrected chi connectivity index (χ1v) is 2.75. The van der Waals surface area contributed by atoms with Crippen molar-refractivity contribution in [3.05, 3.63) is 12.0 Å². The summed E-state index contributed by atoms with van der Waals surface area (Å²) in [6.45, 7) is 2.44. The second kappa shape index (κ2) is 4.98. The smallest absolute Gasteiger partial charge is 0.197 e. The summed E-state index contributed by atoms with van der Waals surface area (Å²) in [5.41, 5.74) is 0. The van der Waals surface area contributed by atoms with Crippen molar-refractivity contribution in [3.63, 3.8) is 0 Å². The molecule has 50 valence electrons. The van der Waals surface area contributed by atoms with E-state index in [1.165, 1.54) is 6.08 Å². The normalized spacial score (nSPS) is 10.1. The molecule has 0 aromatic heterocycles. The van der Waals surface area contributed by atoms with E-state index in [-0.39, 0.29) is 0 Å². The molecule has 0 spiro atoms. The van der Waals surface area contributed by atoms with Crippen LogP contribution in [-0.4, -0.2) is 13.7 Å². The zero-order valence-electron chi connectivity index (χ0n) is 5.64. The van der Waals surface area contributed by atoms with Crippen LogP contribution in [0.25, 0.3) is 0 Å². The van der Waals surface area contributed by atoms with E-state index in [9.17, 15) is 0 Å². The number of hydrogen-bond acceptors (Lipinski definition) is 3. The highest BCUT2D eigenvalue weighted by Crippen LogP contribution is 1.87. The van der Waals surface area contributed by atoms with Crippen LogP contribution in [0.15, 0.2) is 12.0 Å². The molecule has 0 heterocycles. The van der Waals surface area contributed by atoms with Gasteiger partial charge in [0.1, 0.15) is 0 Å². The predicted octanol–water partition coefficient (Wildman–Crippen LogP) is 0.607. The van der Waals surface area contributed by atoms with Gasteiger partial charge in [-0.1, -0.05) is 0 Å². The molecule has 1 N–H and O–H groups in total. The third-order valence-electron chi connectivity index (χ3n) is 0.742. The Balaban J connectivity index is 3.70. The molecule has 0 aromatic carbocycles. The van der Waals surface area contributed by atoms with E-state index in [1.807, 2.05) is 13.0 Å². The van der Waals surface area contributed by atoms with E-state index in [1.54, 1.807) is 7.05 Å². The van der Waals surface area contributed by atoms with Crippen molar-refractivity contribution in [2.24, 2.45) is 0 Å². The topological polar surface area (TPSA) is 45.0 Å². The van der Waals surface area contributed by atoms with Crippen LogP contribution in [0.2, 0.25) is 0 Å². The minimum absolute atomic E-state index is 0.514. The molecule has 3 nitrogen and oxygen atoms in total. The monoisotopic (exact) mass is 126 g/mol. The molecule has 0 fully saturated rings. The van der Waals surface area contributed by atoms with Gasteiger partial charge in [-0.05, 0) is 6.92 Å². The van der Waals surface area contributed by atoms with Gasteiger partial charge in [-0.3, -0.25) is 0 Å². The molecule has 0 aromatic rings. The van der Waals surface area contributed by atoms with Gasteiger partial charge < -0.3 is 10.1 Å². The van der Waals surface area contributed by atoms with Gasteiger partial charge in [-0.25, -0.2) is 0 Å². The Labute approximate surface area is 54.9 Å². The van der Waals surface area contributed by atoms with Crippen LogP contribution in [0.5, 0.6) is 0 Å². The highest BCUT2D eigenvalue weighted by Gasteiger charge is 1.87. The van der Waals surface area contributed by atoms with Crippen LogP contribution in [0.3, 0.4) is 0 Å². The Kier molecular flexibility index (Phi) is 4.33. The number of hydrogen-bond donors (Lipinski definition) is 1. The lowest BCUT2D eigenvalue weighted by Gasteiger charge is -2.03. The van der Waals surface area contributed by atoms with Gasteiger partial charge in [-0.2, -0.15) is 5.26 Å². The molecule has 0 aliphatic heterocycles. The third kappa shape index (κ3) is 3.42. The second-order valence-corrected chi connectivity index (χ2v) is 1.32. The maximum Gasteiger partial charge on any atom is 0.197 e. The molecule has 3 heteroatoms. The highest BCUT2D eigenvalue weighted by atomic mass is 16.5. The lowest BCUT2D eigenvalue weighted by atomic mass is 10.6. The van der Waals surface area contributed by atoms with Crippen molar-refractivity contribution in [2.75, 3.05) is 13.7 Å². The van der Waals surface area contributed by atoms with Gasteiger partial charge in [0.2, 0.25) is 0 Å². The van der Waals surface area contributed by atoms with E-state index in [4.69, 9.17) is 10.00 Å². The lowest BCUT2D eigenvalue weighted by molar-refractivity contribution is 0.211. The number of nitriles is 1. The van der Waals surface area contributed by atoms with Crippen LogP contribution in [0.4, 0.5) is 0 Å². The van der Waals surface area contributed by atoms with Crippen LogP contribution in [-0.2, 0) is 4.74 Å². The Morgan fingerprint density at radius 3 is 2.89 bits per heavy atom. The van der Waals surface area contributed by atoms with Gasteiger partial charge in [0.05, 0.1) is 18.8 Å². The summed E-state index contributed by atoms with van der Waals surface area (Å²) in [7, 11) is 1.71. The predicted molar refractivity (Wildman–Crippen MR) is 34.4 cm³/mol. The zero-order valence-corrected chi connectivity index (χ0v) is 5.64. The van der Waals surface area contributed by atoms with Crippen LogP contribution in [0, 0.1) is 11.3 Å². The SMILES string of the molecule is CCOC(=CC#N)NC. The maximum atomic E-state index is 8.15. The molecule has 9 heavy (non-hydrogen) atoms. The van der Waals surface area contributed by atoms with Crippen molar-refractivity contribution in [1.29, 1.82) is 5.26 Å². The molecule has 0 saturated carbocycles. The summed E-state index contributed by atoms with van der Waals surface area (Å²) in [6.07, 6.45) is 1.32. The van der Waals surface area contributed by atoms with E-state index < -0.39 is 0 Å². The quantitative estimate of drug-likeness (QED) is 0.445. The lowest BCUT2D eigenvalue weighted by Crippen LogP contribution is -2.08. The second-order valence-electron chi connectivity index (χ2n) is 1.32. The summed E-state index contributed by atoms with van der Waals surface area (Å²) < 4.78 is 4.96. The molecule has 0 radical (unpaired) electrons. The van der Waals surface area contributed by atoms with Gasteiger partial charge in [0.25, 0.3) is 0 Å². The Bertz CT molecular complexity index is 134. The Hall–Kier alpha value is -1.17. The summed E-state index contributed by atoms with van der Waals surface area (Å²) in [6, 6.07) is 1.85. The van der Waals surface area contributed by atoms with Gasteiger partial charge in [-0.15, -0.1) is 0 Å². The summed E-state index contributed by atoms with van der Waals surface area (Å²) in [4.78, 5) is 0. The van der Waals surface area contributed by atoms with Crippen LogP contribution >= 0.6 is 0 Å². The fourth-order valence-electron chi connectivity index (χ4n) is 0.400. The van der Waals surface area contributed by atoms with Gasteiger partial charge >= 0.3 is 0 Å². The van der Waals surface area contributed by atoms with E-state index in [0.29, 0.717) is 12.5 Å². The molecule has 0 rings (SSSR count). The van der Waals surface area contributed by atoms with Gasteiger partial charge in [0, 0.05) is 7.05 Å². The average molecular weight is 126 g/mol. The summed E-state index contributed by atoms with van der Waals surface area (Å²) in [5, 5.41) is 10.9. The van der Waals surface area contributed by atoms with Crippen molar-refractivity contribution < 1.29 is 4.74 Å². The van der Waals surface area contributed by atoms with Crippen molar-refractivity contribution in [1.82, 2.24) is 5.32 Å². The summed E-state index contributed by atoms with van der Waals surface area (Å²) in [5.74, 6) is 0.514.